The molecule has 0 aliphatic rings. The van der Waals surface area contributed by atoms with E-state index in [-0.39, 0.29) is 23.7 Å². The average molecular weight is 446 g/mol. The third-order valence-electron chi connectivity index (χ3n) is 4.04. The van der Waals surface area contributed by atoms with Gasteiger partial charge in [-0.05, 0) is 42.0 Å². The van der Waals surface area contributed by atoms with Gasteiger partial charge in [0.05, 0.1) is 12.8 Å². The molecule has 3 aromatic rings. The van der Waals surface area contributed by atoms with Crippen molar-refractivity contribution >= 4 is 29.3 Å². The molecule has 0 unspecified atom stereocenters. The fourth-order valence-electron chi connectivity index (χ4n) is 2.58. The lowest BCUT2D eigenvalue weighted by atomic mass is 10.2. The van der Waals surface area contributed by atoms with Crippen molar-refractivity contribution < 1.29 is 28.6 Å². The first-order chi connectivity index (χ1) is 14.9. The Bertz CT molecular complexity index is 1130. The topological polar surface area (TPSA) is 110 Å². The number of hydrogen-bond donors (Lipinski definition) is 3. The van der Waals surface area contributed by atoms with E-state index >= 15 is 0 Å². The maximum atomic E-state index is 14.4. The number of nitrogens with one attached hydrogen (secondary N) is 2. The number of aromatic carboxylic acids is 1. The first kappa shape index (κ1) is 21.8. The monoisotopic (exact) mass is 445 g/mol. The lowest BCUT2D eigenvalue weighted by Gasteiger charge is -2.12. The number of amides is 2. The molecule has 3 N–H and O–H groups in total. The molecule has 160 valence electrons. The summed E-state index contributed by atoms with van der Waals surface area (Å²) >= 11 is 5.93. The predicted molar refractivity (Wildman–Crippen MR) is 112 cm³/mol. The summed E-state index contributed by atoms with van der Waals surface area (Å²) in [5.74, 6) is -1.42. The number of urea groups is 1. The highest BCUT2D eigenvalue weighted by molar-refractivity contribution is 6.31. The Morgan fingerprint density at radius 1 is 1.13 bits per heavy atom. The number of carbonyl (C=O) groups is 2. The van der Waals surface area contributed by atoms with Crippen molar-refractivity contribution in [3.8, 4) is 17.2 Å². The number of rotatable bonds is 7. The number of benzene rings is 2. The zero-order valence-corrected chi connectivity index (χ0v) is 16.9. The van der Waals surface area contributed by atoms with Crippen LogP contribution in [0.1, 0.15) is 16.1 Å². The van der Waals surface area contributed by atoms with Crippen LogP contribution in [-0.2, 0) is 6.54 Å². The molecule has 1 aromatic heterocycles. The minimum Gasteiger partial charge on any atom is -0.495 e. The Hall–Kier alpha value is -3.85. The molecule has 0 aliphatic carbocycles. The van der Waals surface area contributed by atoms with Crippen molar-refractivity contribution in [1.82, 2.24) is 10.3 Å². The SMILES string of the molecule is COc1ccc(Cl)cc1NC(=O)NCc1ccc(Oc2ccnc(C(=O)O)c2)c(F)c1. The summed E-state index contributed by atoms with van der Waals surface area (Å²) in [5.41, 5.74) is 0.653. The van der Waals surface area contributed by atoms with Crippen LogP contribution >= 0.6 is 11.6 Å². The molecule has 0 atom stereocenters. The maximum absolute atomic E-state index is 14.4. The van der Waals surface area contributed by atoms with Gasteiger partial charge in [-0.2, -0.15) is 0 Å². The Morgan fingerprint density at radius 3 is 2.61 bits per heavy atom. The normalized spacial score (nSPS) is 10.3. The number of methoxy groups -OCH3 is 1. The molecule has 0 radical (unpaired) electrons. The van der Waals surface area contributed by atoms with Gasteiger partial charge in [-0.3, -0.25) is 0 Å². The van der Waals surface area contributed by atoms with E-state index in [1.54, 1.807) is 24.3 Å². The molecule has 0 spiro atoms. The van der Waals surface area contributed by atoms with Gasteiger partial charge in [0.25, 0.3) is 0 Å². The first-order valence-electron chi connectivity index (χ1n) is 8.89. The van der Waals surface area contributed by atoms with Crippen LogP contribution in [0, 0.1) is 5.82 Å². The molecule has 1 heterocycles. The second-order valence-electron chi connectivity index (χ2n) is 6.20. The predicted octanol–water partition coefficient (Wildman–Crippen LogP) is 4.69. The lowest BCUT2D eigenvalue weighted by Crippen LogP contribution is -2.28. The number of carbonyl (C=O) groups excluding carboxylic acids is 1. The van der Waals surface area contributed by atoms with Crippen LogP contribution in [0.3, 0.4) is 0 Å². The molecule has 0 saturated carbocycles. The fraction of sp³-hybridized carbons (Fsp3) is 0.0952. The standard InChI is InChI=1S/C21H17ClFN3O5/c1-30-19-5-3-13(22)9-16(19)26-21(29)25-11-12-2-4-18(15(23)8-12)31-14-6-7-24-17(10-14)20(27)28/h2-10H,11H2,1H3,(H,27,28)(H2,25,26,29). The average Bonchev–Trinajstić information content (AvgIpc) is 2.74. The van der Waals surface area contributed by atoms with Gasteiger partial charge in [0.1, 0.15) is 11.5 Å². The third kappa shape index (κ3) is 5.83. The third-order valence-corrected chi connectivity index (χ3v) is 4.27. The number of halogens is 2. The van der Waals surface area contributed by atoms with Crippen LogP contribution < -0.4 is 20.1 Å². The molecule has 31 heavy (non-hydrogen) atoms. The van der Waals surface area contributed by atoms with E-state index in [9.17, 15) is 14.0 Å². The number of ether oxygens (including phenoxy) is 2. The highest BCUT2D eigenvalue weighted by Gasteiger charge is 2.11. The number of hydrogen-bond acceptors (Lipinski definition) is 5. The molecule has 2 aromatic carbocycles. The number of aromatic nitrogens is 1. The smallest absolute Gasteiger partial charge is 0.354 e. The van der Waals surface area contributed by atoms with E-state index < -0.39 is 17.8 Å². The molecule has 10 heteroatoms. The number of nitrogens with zero attached hydrogens (tertiary/aromatic N) is 1. The van der Waals surface area contributed by atoms with Crippen LogP contribution in [0.5, 0.6) is 17.2 Å². The van der Waals surface area contributed by atoms with Gasteiger partial charge < -0.3 is 25.2 Å². The Morgan fingerprint density at radius 2 is 1.90 bits per heavy atom. The van der Waals surface area contributed by atoms with Crippen molar-refractivity contribution in [2.45, 2.75) is 6.54 Å². The lowest BCUT2D eigenvalue weighted by molar-refractivity contribution is 0.0690. The van der Waals surface area contributed by atoms with Crippen molar-refractivity contribution in [2.24, 2.45) is 0 Å². The molecular formula is C21H17ClFN3O5. The minimum atomic E-state index is -1.22. The molecule has 8 nitrogen and oxygen atoms in total. The number of pyridine rings is 1. The summed E-state index contributed by atoms with van der Waals surface area (Å²) in [6.07, 6.45) is 1.25. The van der Waals surface area contributed by atoms with Crippen molar-refractivity contribution in [3.63, 3.8) is 0 Å². The van der Waals surface area contributed by atoms with Crippen molar-refractivity contribution in [2.75, 3.05) is 12.4 Å². The molecule has 0 saturated heterocycles. The van der Waals surface area contributed by atoms with E-state index in [4.69, 9.17) is 26.2 Å². The van der Waals surface area contributed by atoms with Gasteiger partial charge in [0.15, 0.2) is 17.3 Å². The van der Waals surface area contributed by atoms with Gasteiger partial charge in [-0.25, -0.2) is 19.0 Å². The van der Waals surface area contributed by atoms with Gasteiger partial charge in [-0.1, -0.05) is 17.7 Å². The molecule has 0 fully saturated rings. The Balaban J connectivity index is 1.62. The zero-order valence-electron chi connectivity index (χ0n) is 16.2. The van der Waals surface area contributed by atoms with Crippen LogP contribution in [-0.4, -0.2) is 29.2 Å². The van der Waals surface area contributed by atoms with Crippen molar-refractivity contribution in [1.29, 1.82) is 0 Å². The van der Waals surface area contributed by atoms with E-state index in [2.05, 4.69) is 15.6 Å². The van der Waals surface area contributed by atoms with Gasteiger partial charge in [0.2, 0.25) is 0 Å². The summed E-state index contributed by atoms with van der Waals surface area (Å²) in [6, 6.07) is 11.0. The quantitative estimate of drug-likeness (QED) is 0.486. The van der Waals surface area contributed by atoms with Gasteiger partial charge in [-0.15, -0.1) is 0 Å². The van der Waals surface area contributed by atoms with Gasteiger partial charge in [0, 0.05) is 23.8 Å². The fourth-order valence-corrected chi connectivity index (χ4v) is 2.75. The van der Waals surface area contributed by atoms with Crippen LogP contribution in [0.15, 0.2) is 54.7 Å². The highest BCUT2D eigenvalue weighted by Crippen LogP contribution is 2.28. The largest absolute Gasteiger partial charge is 0.495 e. The summed E-state index contributed by atoms with van der Waals surface area (Å²) in [5, 5.41) is 14.6. The van der Waals surface area contributed by atoms with Crippen LogP contribution in [0.4, 0.5) is 14.9 Å². The van der Waals surface area contributed by atoms with Crippen LogP contribution in [0.25, 0.3) is 0 Å². The second kappa shape index (κ2) is 9.77. The van der Waals surface area contributed by atoms with Gasteiger partial charge >= 0.3 is 12.0 Å². The summed E-state index contributed by atoms with van der Waals surface area (Å²) in [4.78, 5) is 26.8. The zero-order chi connectivity index (χ0) is 22.4. The molecule has 2 amide bonds. The highest BCUT2D eigenvalue weighted by atomic mass is 35.5. The van der Waals surface area contributed by atoms with Crippen molar-refractivity contribution in [3.05, 3.63) is 76.8 Å². The number of carboxylic acid groups (broad SMARTS) is 1. The molecule has 0 bridgehead atoms. The Labute approximate surface area is 181 Å². The summed E-state index contributed by atoms with van der Waals surface area (Å²) in [6.45, 7) is 0.0460. The maximum Gasteiger partial charge on any atom is 0.354 e. The molecule has 0 aliphatic heterocycles. The molecule has 3 rings (SSSR count). The number of anilines is 1. The summed E-state index contributed by atoms with van der Waals surface area (Å²) in [7, 11) is 1.47. The van der Waals surface area contributed by atoms with E-state index in [0.717, 1.165) is 0 Å². The molecular weight excluding hydrogens is 429 g/mol. The minimum absolute atomic E-state index is 0.0460. The number of carboxylic acids is 1. The van der Waals surface area contributed by atoms with E-state index in [0.29, 0.717) is 22.0 Å². The van der Waals surface area contributed by atoms with E-state index in [1.165, 1.54) is 37.6 Å². The second-order valence-corrected chi connectivity index (χ2v) is 6.64. The first-order valence-corrected chi connectivity index (χ1v) is 9.27. The summed E-state index contributed by atoms with van der Waals surface area (Å²) < 4.78 is 24.9. The Kier molecular flexibility index (Phi) is 6.88. The van der Waals surface area contributed by atoms with E-state index in [1.807, 2.05) is 0 Å². The van der Waals surface area contributed by atoms with Crippen LogP contribution in [0.2, 0.25) is 5.02 Å².